The zero-order valence-electron chi connectivity index (χ0n) is 18.8. The molecular weight excluding hydrogens is 408 g/mol. The average molecular weight is 447 g/mol. The molecule has 10 heteroatoms. The molecule has 4 atom stereocenters. The van der Waals surface area contributed by atoms with Gasteiger partial charge in [0, 0.05) is 5.75 Å². The van der Waals surface area contributed by atoms with Gasteiger partial charge in [0.25, 0.3) is 0 Å². The summed E-state index contributed by atoms with van der Waals surface area (Å²) in [5.41, 5.74) is 5.91. The molecule has 0 heterocycles. The number of carbonyl (C=O) groups excluding carboxylic acids is 3. The van der Waals surface area contributed by atoms with Crippen LogP contribution in [-0.4, -0.2) is 58.7 Å². The van der Waals surface area contributed by atoms with E-state index >= 15 is 0 Å². The molecule has 6 N–H and O–H groups in total. The second-order valence-electron chi connectivity index (χ2n) is 8.74. The Morgan fingerprint density at radius 2 is 1.30 bits per heavy atom. The summed E-state index contributed by atoms with van der Waals surface area (Å²) in [6, 6.07) is -3.72. The fourth-order valence-corrected chi connectivity index (χ4v) is 3.08. The number of hydrogen-bond acceptors (Lipinski definition) is 6. The van der Waals surface area contributed by atoms with Crippen LogP contribution in [-0.2, 0) is 19.2 Å². The molecule has 9 nitrogen and oxygen atoms in total. The standard InChI is InChI=1S/C20H38N4O5S/c1-10(2)7-13(21)17(25)24-16(12(5)6)19(27)22-14(8-11(3)4)18(26)23-15(9-30)20(28)29/h10-16,30H,7-9,21H2,1-6H3,(H,22,27)(H,23,26)(H,24,25)(H,28,29). The molecule has 4 unspecified atom stereocenters. The summed E-state index contributed by atoms with van der Waals surface area (Å²) in [5.74, 6) is -2.80. The van der Waals surface area contributed by atoms with Gasteiger partial charge in [0.05, 0.1) is 6.04 Å². The Hall–Kier alpha value is -1.81. The second kappa shape index (κ2) is 13.5. The van der Waals surface area contributed by atoms with Crippen molar-refractivity contribution in [3.63, 3.8) is 0 Å². The van der Waals surface area contributed by atoms with Crippen molar-refractivity contribution in [1.29, 1.82) is 0 Å². The molecule has 30 heavy (non-hydrogen) atoms. The van der Waals surface area contributed by atoms with Crippen LogP contribution in [0.25, 0.3) is 0 Å². The number of amides is 3. The van der Waals surface area contributed by atoms with Crippen molar-refractivity contribution in [2.24, 2.45) is 23.5 Å². The van der Waals surface area contributed by atoms with E-state index in [1.54, 1.807) is 13.8 Å². The molecule has 0 aliphatic carbocycles. The van der Waals surface area contributed by atoms with Crippen molar-refractivity contribution in [1.82, 2.24) is 16.0 Å². The maximum absolute atomic E-state index is 12.9. The van der Waals surface area contributed by atoms with Crippen LogP contribution in [0.1, 0.15) is 54.4 Å². The van der Waals surface area contributed by atoms with Crippen LogP contribution < -0.4 is 21.7 Å². The molecule has 0 aromatic rings. The molecular formula is C20H38N4O5S. The smallest absolute Gasteiger partial charge is 0.327 e. The molecule has 0 spiro atoms. The lowest BCUT2D eigenvalue weighted by Crippen LogP contribution is -2.58. The SMILES string of the molecule is CC(C)CC(N)C(=O)NC(C(=O)NC(CC(C)C)C(=O)NC(CS)C(=O)O)C(C)C. The van der Waals surface area contributed by atoms with Crippen LogP contribution in [0.15, 0.2) is 0 Å². The Morgan fingerprint density at radius 1 is 0.800 bits per heavy atom. The van der Waals surface area contributed by atoms with E-state index in [-0.39, 0.29) is 23.5 Å². The van der Waals surface area contributed by atoms with Gasteiger partial charge < -0.3 is 26.8 Å². The molecule has 174 valence electrons. The molecule has 0 saturated carbocycles. The van der Waals surface area contributed by atoms with E-state index in [1.807, 2.05) is 27.7 Å². The summed E-state index contributed by atoms with van der Waals surface area (Å²) in [6.45, 7) is 11.2. The minimum Gasteiger partial charge on any atom is -0.480 e. The topological polar surface area (TPSA) is 151 Å². The fourth-order valence-electron chi connectivity index (χ4n) is 2.83. The summed E-state index contributed by atoms with van der Waals surface area (Å²) in [5, 5.41) is 16.9. The van der Waals surface area contributed by atoms with E-state index in [9.17, 15) is 19.2 Å². The van der Waals surface area contributed by atoms with E-state index in [4.69, 9.17) is 10.8 Å². The lowest BCUT2D eigenvalue weighted by atomic mass is 9.98. The van der Waals surface area contributed by atoms with Gasteiger partial charge in [-0.15, -0.1) is 0 Å². The number of rotatable bonds is 13. The quantitative estimate of drug-likeness (QED) is 0.227. The third kappa shape index (κ3) is 10.3. The first-order valence-corrected chi connectivity index (χ1v) is 10.9. The Kier molecular flexibility index (Phi) is 12.7. The Bertz CT molecular complexity index is 598. The number of nitrogens with one attached hydrogen (secondary N) is 3. The Labute approximate surface area is 184 Å². The number of thiol groups is 1. The summed E-state index contributed by atoms with van der Waals surface area (Å²) in [7, 11) is 0. The number of carboxylic acid groups (broad SMARTS) is 1. The van der Waals surface area contributed by atoms with Crippen LogP contribution in [0.4, 0.5) is 0 Å². The van der Waals surface area contributed by atoms with Gasteiger partial charge >= 0.3 is 5.97 Å². The number of carboxylic acids is 1. The lowest BCUT2D eigenvalue weighted by Gasteiger charge is -2.27. The highest BCUT2D eigenvalue weighted by Crippen LogP contribution is 2.10. The molecule has 3 amide bonds. The zero-order valence-corrected chi connectivity index (χ0v) is 19.7. The van der Waals surface area contributed by atoms with E-state index < -0.39 is 47.9 Å². The molecule has 0 aliphatic heterocycles. The summed E-state index contributed by atoms with van der Waals surface area (Å²) >= 11 is 3.94. The highest BCUT2D eigenvalue weighted by molar-refractivity contribution is 7.80. The van der Waals surface area contributed by atoms with Crippen molar-refractivity contribution in [2.45, 2.75) is 78.6 Å². The van der Waals surface area contributed by atoms with Gasteiger partial charge in [-0.1, -0.05) is 41.5 Å². The summed E-state index contributed by atoms with van der Waals surface area (Å²) in [6.07, 6.45) is 0.791. The van der Waals surface area contributed by atoms with Gasteiger partial charge in [0.2, 0.25) is 17.7 Å². The van der Waals surface area contributed by atoms with Crippen LogP contribution >= 0.6 is 12.6 Å². The van der Waals surface area contributed by atoms with Gasteiger partial charge in [-0.2, -0.15) is 12.6 Å². The molecule has 0 aromatic carbocycles. The van der Waals surface area contributed by atoms with Crippen molar-refractivity contribution in [3.8, 4) is 0 Å². The number of hydrogen-bond donors (Lipinski definition) is 6. The minimum atomic E-state index is -1.21. The first-order valence-electron chi connectivity index (χ1n) is 10.3. The fraction of sp³-hybridized carbons (Fsp3) is 0.800. The number of nitrogens with two attached hydrogens (primary N) is 1. The molecule has 0 aromatic heterocycles. The van der Waals surface area contributed by atoms with Gasteiger partial charge in [-0.05, 0) is 30.6 Å². The van der Waals surface area contributed by atoms with E-state index in [0.29, 0.717) is 12.8 Å². The van der Waals surface area contributed by atoms with Gasteiger partial charge in [-0.3, -0.25) is 14.4 Å². The largest absolute Gasteiger partial charge is 0.480 e. The maximum atomic E-state index is 12.9. The summed E-state index contributed by atoms with van der Waals surface area (Å²) in [4.78, 5) is 49.0. The first-order chi connectivity index (χ1) is 13.8. The van der Waals surface area contributed by atoms with E-state index in [0.717, 1.165) is 0 Å². The van der Waals surface area contributed by atoms with Crippen molar-refractivity contribution >= 4 is 36.3 Å². The van der Waals surface area contributed by atoms with Crippen molar-refractivity contribution in [3.05, 3.63) is 0 Å². The molecule has 0 radical (unpaired) electrons. The third-order valence-corrected chi connectivity index (χ3v) is 4.81. The zero-order chi connectivity index (χ0) is 23.6. The number of carbonyl (C=O) groups is 4. The maximum Gasteiger partial charge on any atom is 0.327 e. The summed E-state index contributed by atoms with van der Waals surface area (Å²) < 4.78 is 0. The van der Waals surface area contributed by atoms with Gasteiger partial charge in [0.15, 0.2) is 0 Å². The molecule has 0 fully saturated rings. The lowest BCUT2D eigenvalue weighted by molar-refractivity contribution is -0.141. The van der Waals surface area contributed by atoms with Crippen molar-refractivity contribution < 1.29 is 24.3 Å². The minimum absolute atomic E-state index is 0.0619. The number of aliphatic carboxylic acids is 1. The van der Waals surface area contributed by atoms with Crippen LogP contribution in [0, 0.1) is 17.8 Å². The Morgan fingerprint density at radius 3 is 1.70 bits per heavy atom. The van der Waals surface area contributed by atoms with Crippen LogP contribution in [0.2, 0.25) is 0 Å². The van der Waals surface area contributed by atoms with Crippen molar-refractivity contribution in [2.75, 3.05) is 5.75 Å². The van der Waals surface area contributed by atoms with Crippen LogP contribution in [0.5, 0.6) is 0 Å². The molecule has 0 saturated heterocycles. The first kappa shape index (κ1) is 28.2. The molecule has 0 rings (SSSR count). The van der Waals surface area contributed by atoms with Gasteiger partial charge in [0.1, 0.15) is 18.1 Å². The van der Waals surface area contributed by atoms with Crippen LogP contribution in [0.3, 0.4) is 0 Å². The van der Waals surface area contributed by atoms with E-state index in [1.165, 1.54) is 0 Å². The van der Waals surface area contributed by atoms with Gasteiger partial charge in [-0.25, -0.2) is 4.79 Å². The molecule has 0 bridgehead atoms. The predicted octanol–water partition coefficient (Wildman–Crippen LogP) is 0.531. The highest BCUT2D eigenvalue weighted by atomic mass is 32.1. The Balaban J connectivity index is 5.33. The normalized spacial score (nSPS) is 15.4. The highest BCUT2D eigenvalue weighted by Gasteiger charge is 2.31. The predicted molar refractivity (Wildman–Crippen MR) is 119 cm³/mol. The molecule has 0 aliphatic rings. The monoisotopic (exact) mass is 446 g/mol. The van der Waals surface area contributed by atoms with E-state index in [2.05, 4.69) is 28.6 Å². The second-order valence-corrected chi connectivity index (χ2v) is 9.10. The third-order valence-electron chi connectivity index (χ3n) is 4.45. The average Bonchev–Trinajstić information content (AvgIpc) is 2.61.